The summed E-state index contributed by atoms with van der Waals surface area (Å²) in [5, 5.41) is 0.552. The van der Waals surface area contributed by atoms with E-state index in [2.05, 4.69) is 0 Å². The Morgan fingerprint density at radius 3 is 2.93 bits per heavy atom. The summed E-state index contributed by atoms with van der Waals surface area (Å²) in [4.78, 5) is 17.5. The van der Waals surface area contributed by atoms with E-state index in [-0.39, 0.29) is 5.56 Å². The summed E-state index contributed by atoms with van der Waals surface area (Å²) in [7, 11) is 1.63. The molecule has 4 rings (SSSR count). The highest BCUT2D eigenvalue weighted by Crippen LogP contribution is 2.35. The van der Waals surface area contributed by atoms with Crippen molar-refractivity contribution >= 4 is 28.2 Å². The molecule has 6 heteroatoms. The number of fused-ring (bicyclic) bond motifs is 2. The van der Waals surface area contributed by atoms with Crippen LogP contribution >= 0.6 is 0 Å². The number of aromatic nitrogens is 2. The highest BCUT2D eigenvalue weighted by atomic mass is 16.5. The number of ether oxygens (including phenoxy) is 2. The molecule has 0 radical (unpaired) electrons. The minimum absolute atomic E-state index is 0.0549. The maximum Gasteiger partial charge on any atom is 0.261 e. The van der Waals surface area contributed by atoms with E-state index in [1.54, 1.807) is 29.9 Å². The van der Waals surface area contributed by atoms with Crippen molar-refractivity contribution in [1.82, 2.24) is 9.55 Å². The topological polar surface area (TPSA) is 79.4 Å². The number of para-hydroxylation sites is 1. The van der Waals surface area contributed by atoms with Crippen LogP contribution in [0.4, 0.5) is 5.69 Å². The number of nitrogens with zero attached hydrogens (tertiary/aromatic N) is 2. The van der Waals surface area contributed by atoms with Gasteiger partial charge in [0, 0.05) is 17.8 Å². The van der Waals surface area contributed by atoms with Crippen LogP contribution in [0.1, 0.15) is 24.7 Å². The average Bonchev–Trinajstić information content (AvgIpc) is 3.06. The van der Waals surface area contributed by atoms with E-state index in [1.807, 2.05) is 31.2 Å². The summed E-state index contributed by atoms with van der Waals surface area (Å²) in [6, 6.07) is 11.0. The zero-order valence-electron chi connectivity index (χ0n) is 15.4. The molecule has 1 aliphatic rings. The van der Waals surface area contributed by atoms with Crippen LogP contribution in [-0.2, 0) is 6.54 Å². The fourth-order valence-electron chi connectivity index (χ4n) is 3.49. The molecule has 1 aliphatic heterocycles. The highest BCUT2D eigenvalue weighted by Gasteiger charge is 2.21. The van der Waals surface area contributed by atoms with Crippen LogP contribution in [-0.4, -0.2) is 23.3 Å². The molecule has 27 heavy (non-hydrogen) atoms. The van der Waals surface area contributed by atoms with E-state index in [0.29, 0.717) is 47.1 Å². The molecule has 0 aliphatic carbocycles. The number of methoxy groups -OCH3 is 1. The average molecular weight is 363 g/mol. The van der Waals surface area contributed by atoms with Gasteiger partial charge >= 0.3 is 0 Å². The molecule has 1 aromatic heterocycles. The van der Waals surface area contributed by atoms with Crippen molar-refractivity contribution < 1.29 is 9.47 Å². The third-order valence-corrected chi connectivity index (χ3v) is 4.71. The number of benzene rings is 2. The lowest BCUT2D eigenvalue weighted by Gasteiger charge is -2.12. The standard InChI is InChI=1S/C21H21N3O3/c1-3-27-18-6-4-5-13(19(18)26-2)11-14-9-10-24-20(14)23-17-8-7-15(22)12-16(17)21(24)25/h4-8,11-12H,3,9-10,22H2,1-2H3/b14-11-. The number of nitrogen functional groups attached to an aromatic ring is 1. The first-order valence-electron chi connectivity index (χ1n) is 8.93. The Morgan fingerprint density at radius 2 is 2.15 bits per heavy atom. The van der Waals surface area contributed by atoms with Gasteiger partial charge in [-0.15, -0.1) is 0 Å². The van der Waals surface area contributed by atoms with Crippen LogP contribution in [0.2, 0.25) is 0 Å². The monoisotopic (exact) mass is 363 g/mol. The van der Waals surface area contributed by atoms with Crippen LogP contribution in [0.25, 0.3) is 22.6 Å². The predicted molar refractivity (Wildman–Crippen MR) is 107 cm³/mol. The van der Waals surface area contributed by atoms with Gasteiger partial charge in [0.05, 0.1) is 24.6 Å². The molecule has 0 saturated heterocycles. The smallest absolute Gasteiger partial charge is 0.261 e. The summed E-state index contributed by atoms with van der Waals surface area (Å²) in [6.45, 7) is 3.10. The maximum absolute atomic E-state index is 12.8. The first kappa shape index (κ1) is 17.1. The van der Waals surface area contributed by atoms with Gasteiger partial charge in [-0.2, -0.15) is 0 Å². The zero-order valence-corrected chi connectivity index (χ0v) is 15.4. The van der Waals surface area contributed by atoms with E-state index in [1.165, 1.54) is 0 Å². The molecule has 6 nitrogen and oxygen atoms in total. The lowest BCUT2D eigenvalue weighted by Crippen LogP contribution is -2.20. The second-order valence-corrected chi connectivity index (χ2v) is 6.40. The maximum atomic E-state index is 12.8. The highest BCUT2D eigenvalue weighted by molar-refractivity contribution is 5.87. The van der Waals surface area contributed by atoms with Gasteiger partial charge < -0.3 is 15.2 Å². The van der Waals surface area contributed by atoms with E-state index >= 15 is 0 Å². The van der Waals surface area contributed by atoms with Gasteiger partial charge in [0.15, 0.2) is 11.5 Å². The Hall–Kier alpha value is -3.28. The van der Waals surface area contributed by atoms with E-state index in [0.717, 1.165) is 17.6 Å². The number of allylic oxidation sites excluding steroid dienone is 1. The predicted octanol–water partition coefficient (Wildman–Crippen LogP) is 3.33. The third-order valence-electron chi connectivity index (χ3n) is 4.71. The summed E-state index contributed by atoms with van der Waals surface area (Å²) in [5.74, 6) is 2.08. The number of anilines is 1. The number of nitrogens with two attached hydrogens (primary N) is 1. The van der Waals surface area contributed by atoms with Crippen LogP contribution in [0.3, 0.4) is 0 Å². The Balaban J connectivity index is 1.86. The quantitative estimate of drug-likeness (QED) is 0.719. The van der Waals surface area contributed by atoms with Crippen molar-refractivity contribution in [3.8, 4) is 11.5 Å². The third kappa shape index (κ3) is 2.93. The van der Waals surface area contributed by atoms with Crippen molar-refractivity contribution in [2.45, 2.75) is 19.9 Å². The van der Waals surface area contributed by atoms with Crippen molar-refractivity contribution in [2.75, 3.05) is 19.5 Å². The molecule has 0 fully saturated rings. The molecule has 0 bridgehead atoms. The van der Waals surface area contributed by atoms with E-state index in [4.69, 9.17) is 20.2 Å². The van der Waals surface area contributed by atoms with Gasteiger partial charge in [-0.3, -0.25) is 9.36 Å². The van der Waals surface area contributed by atoms with Gasteiger partial charge in [-0.25, -0.2) is 4.98 Å². The molecule has 0 saturated carbocycles. The summed E-state index contributed by atoms with van der Waals surface area (Å²) >= 11 is 0. The molecule has 2 N–H and O–H groups in total. The van der Waals surface area contributed by atoms with Gasteiger partial charge in [0.2, 0.25) is 0 Å². The van der Waals surface area contributed by atoms with Gasteiger partial charge in [-0.05, 0) is 49.3 Å². The molecule has 0 amide bonds. The summed E-state index contributed by atoms with van der Waals surface area (Å²) < 4.78 is 12.9. The summed E-state index contributed by atoms with van der Waals surface area (Å²) in [6.07, 6.45) is 2.76. The van der Waals surface area contributed by atoms with Crippen molar-refractivity contribution in [1.29, 1.82) is 0 Å². The number of rotatable bonds is 4. The largest absolute Gasteiger partial charge is 0.492 e. The van der Waals surface area contributed by atoms with Crippen molar-refractivity contribution in [3.63, 3.8) is 0 Å². The lowest BCUT2D eigenvalue weighted by molar-refractivity contribution is 0.310. The minimum atomic E-state index is -0.0549. The molecule has 2 heterocycles. The number of hydrogen-bond acceptors (Lipinski definition) is 5. The molecular weight excluding hydrogens is 342 g/mol. The molecular formula is C21H21N3O3. The van der Waals surface area contributed by atoms with Crippen LogP contribution in [0.15, 0.2) is 41.2 Å². The lowest BCUT2D eigenvalue weighted by atomic mass is 10.1. The first-order valence-corrected chi connectivity index (χ1v) is 8.93. The van der Waals surface area contributed by atoms with Crippen LogP contribution < -0.4 is 20.8 Å². The Labute approximate surface area is 156 Å². The zero-order chi connectivity index (χ0) is 19.0. The van der Waals surface area contributed by atoms with E-state index in [9.17, 15) is 4.79 Å². The molecule has 3 aromatic rings. The van der Waals surface area contributed by atoms with Crippen LogP contribution in [0, 0.1) is 0 Å². The fourth-order valence-corrected chi connectivity index (χ4v) is 3.49. The Morgan fingerprint density at radius 1 is 1.30 bits per heavy atom. The molecule has 0 spiro atoms. The van der Waals surface area contributed by atoms with Crippen LogP contribution in [0.5, 0.6) is 11.5 Å². The molecule has 0 unspecified atom stereocenters. The second-order valence-electron chi connectivity index (χ2n) is 6.40. The second kappa shape index (κ2) is 6.79. The van der Waals surface area contributed by atoms with Crippen molar-refractivity contribution in [2.24, 2.45) is 0 Å². The fraction of sp³-hybridized carbons (Fsp3) is 0.238. The molecule has 138 valence electrons. The SMILES string of the molecule is CCOc1cccc(/C=C2/CCn3c2nc2ccc(N)cc2c3=O)c1OC. The number of hydrogen-bond donors (Lipinski definition) is 1. The summed E-state index contributed by atoms with van der Waals surface area (Å²) in [5.41, 5.74) is 8.89. The van der Waals surface area contributed by atoms with Gasteiger partial charge in [0.25, 0.3) is 5.56 Å². The molecule has 0 atom stereocenters. The molecule has 2 aromatic carbocycles. The van der Waals surface area contributed by atoms with Gasteiger partial charge in [-0.1, -0.05) is 12.1 Å². The minimum Gasteiger partial charge on any atom is -0.492 e. The normalized spacial score (nSPS) is 14.5. The van der Waals surface area contributed by atoms with Crippen molar-refractivity contribution in [3.05, 3.63) is 58.1 Å². The van der Waals surface area contributed by atoms with E-state index < -0.39 is 0 Å². The Kier molecular flexibility index (Phi) is 4.32. The van der Waals surface area contributed by atoms with Gasteiger partial charge in [0.1, 0.15) is 5.82 Å². The Bertz CT molecular complexity index is 1120. The first-order chi connectivity index (χ1) is 13.1.